The first kappa shape index (κ1) is 12.5. The van der Waals surface area contributed by atoms with Gasteiger partial charge in [-0.05, 0) is 43.0 Å². The van der Waals surface area contributed by atoms with E-state index in [9.17, 15) is 9.90 Å². The Bertz CT molecular complexity index is 656. The number of nitrogens with zero attached hydrogens (tertiary/aromatic N) is 3. The molecule has 1 aromatic heterocycles. The molecule has 1 saturated carbocycles. The molecule has 0 spiro atoms. The monoisotopic (exact) mass is 285 g/mol. The summed E-state index contributed by atoms with van der Waals surface area (Å²) in [5.74, 6) is 0.778. The third kappa shape index (κ3) is 2.12. The Morgan fingerprint density at radius 3 is 2.57 bits per heavy atom. The summed E-state index contributed by atoms with van der Waals surface area (Å²) in [7, 11) is 0. The van der Waals surface area contributed by atoms with Gasteiger partial charge in [0.1, 0.15) is 5.60 Å². The van der Waals surface area contributed by atoms with Crippen molar-refractivity contribution in [2.75, 3.05) is 13.1 Å². The average molecular weight is 285 g/mol. The Kier molecular flexibility index (Phi) is 2.62. The minimum absolute atomic E-state index is 0.0441. The molecule has 2 heterocycles. The van der Waals surface area contributed by atoms with Gasteiger partial charge in [-0.15, -0.1) is 10.2 Å². The van der Waals surface area contributed by atoms with Gasteiger partial charge in [-0.3, -0.25) is 4.79 Å². The van der Waals surface area contributed by atoms with Crippen LogP contribution in [0.25, 0.3) is 11.5 Å². The summed E-state index contributed by atoms with van der Waals surface area (Å²) in [5.41, 5.74) is 0.748. The van der Waals surface area contributed by atoms with Crippen LogP contribution in [0.2, 0.25) is 0 Å². The molecule has 2 aliphatic rings. The summed E-state index contributed by atoms with van der Waals surface area (Å²) in [6.45, 7) is 0.893. The van der Waals surface area contributed by atoms with Crippen LogP contribution in [0.3, 0.4) is 0 Å². The number of β-amino-alcohol motifs (C(OH)–C–C–N with tert-alkyl or cyclic N) is 1. The predicted molar refractivity (Wildman–Crippen MR) is 73.3 cm³/mol. The van der Waals surface area contributed by atoms with E-state index in [1.165, 1.54) is 6.39 Å². The van der Waals surface area contributed by atoms with Crippen LogP contribution in [-0.4, -0.2) is 44.8 Å². The highest BCUT2D eigenvalue weighted by molar-refractivity contribution is 5.95. The maximum Gasteiger partial charge on any atom is 0.254 e. The first-order valence-corrected chi connectivity index (χ1v) is 7.04. The first-order chi connectivity index (χ1) is 10.2. The number of rotatable bonds is 3. The zero-order chi connectivity index (χ0) is 14.4. The van der Waals surface area contributed by atoms with E-state index in [-0.39, 0.29) is 5.91 Å². The molecule has 0 unspecified atom stereocenters. The molecule has 1 amide bonds. The highest BCUT2D eigenvalue weighted by Crippen LogP contribution is 2.44. The number of aliphatic hydroxyl groups is 1. The van der Waals surface area contributed by atoms with Crippen molar-refractivity contribution in [1.29, 1.82) is 0 Å². The molecular formula is C15H15N3O3. The van der Waals surface area contributed by atoms with Gasteiger partial charge in [0, 0.05) is 11.1 Å². The first-order valence-electron chi connectivity index (χ1n) is 7.04. The Morgan fingerprint density at radius 1 is 1.29 bits per heavy atom. The van der Waals surface area contributed by atoms with E-state index in [0.717, 1.165) is 18.4 Å². The van der Waals surface area contributed by atoms with E-state index < -0.39 is 5.60 Å². The zero-order valence-corrected chi connectivity index (χ0v) is 11.4. The summed E-state index contributed by atoms with van der Waals surface area (Å²) in [6.07, 6.45) is 3.43. The molecule has 21 heavy (non-hydrogen) atoms. The number of hydrogen-bond donors (Lipinski definition) is 1. The normalized spacial score (nSPS) is 20.1. The number of carbonyl (C=O) groups excluding carboxylic acids is 1. The topological polar surface area (TPSA) is 79.5 Å². The van der Waals surface area contributed by atoms with Crippen LogP contribution in [0.4, 0.5) is 0 Å². The van der Waals surface area contributed by atoms with Gasteiger partial charge in [0.05, 0.1) is 13.1 Å². The number of amides is 1. The van der Waals surface area contributed by atoms with Crippen molar-refractivity contribution in [3.05, 3.63) is 36.2 Å². The molecule has 1 N–H and O–H groups in total. The molecule has 1 aliphatic carbocycles. The lowest BCUT2D eigenvalue weighted by Crippen LogP contribution is -2.64. The highest BCUT2D eigenvalue weighted by atomic mass is 16.4. The number of carbonyl (C=O) groups is 1. The molecule has 1 aliphatic heterocycles. The van der Waals surface area contributed by atoms with E-state index in [0.29, 0.717) is 30.5 Å². The summed E-state index contributed by atoms with van der Waals surface area (Å²) in [6, 6.07) is 7.06. The number of aromatic nitrogens is 2. The van der Waals surface area contributed by atoms with Gasteiger partial charge < -0.3 is 14.4 Å². The smallest absolute Gasteiger partial charge is 0.254 e. The van der Waals surface area contributed by atoms with Gasteiger partial charge in [-0.1, -0.05) is 0 Å². The molecule has 6 nitrogen and oxygen atoms in total. The molecule has 0 atom stereocenters. The standard InChI is InChI=1S/C15H15N3O3/c19-14(18-7-15(20,8-18)12-5-6-12)11-3-1-10(2-4-11)13-17-16-9-21-13/h1-4,9,12,20H,5-8H2. The lowest BCUT2D eigenvalue weighted by Gasteiger charge is -2.47. The minimum atomic E-state index is -0.640. The summed E-state index contributed by atoms with van der Waals surface area (Å²) in [5, 5.41) is 17.7. The zero-order valence-electron chi connectivity index (χ0n) is 11.4. The SMILES string of the molecule is O=C(c1ccc(-c2nnco2)cc1)N1CC(O)(C2CC2)C1. The van der Waals surface area contributed by atoms with Gasteiger partial charge in [-0.25, -0.2) is 0 Å². The molecular weight excluding hydrogens is 270 g/mol. The molecule has 108 valence electrons. The minimum Gasteiger partial charge on any atom is -0.423 e. The molecule has 0 bridgehead atoms. The third-order valence-corrected chi connectivity index (χ3v) is 4.29. The summed E-state index contributed by atoms with van der Waals surface area (Å²) < 4.78 is 5.11. The third-order valence-electron chi connectivity index (χ3n) is 4.29. The number of benzene rings is 1. The van der Waals surface area contributed by atoms with Gasteiger partial charge in [0.15, 0.2) is 0 Å². The molecule has 2 aromatic rings. The second kappa shape index (κ2) is 4.39. The van der Waals surface area contributed by atoms with E-state index in [4.69, 9.17) is 4.42 Å². The van der Waals surface area contributed by atoms with Crippen LogP contribution in [0.5, 0.6) is 0 Å². The van der Waals surface area contributed by atoms with E-state index in [1.807, 2.05) is 0 Å². The predicted octanol–water partition coefficient (Wildman–Crippen LogP) is 1.33. The van der Waals surface area contributed by atoms with Gasteiger partial charge >= 0.3 is 0 Å². The lowest BCUT2D eigenvalue weighted by molar-refractivity contribution is -0.0958. The molecule has 0 radical (unpaired) electrons. The van der Waals surface area contributed by atoms with Crippen molar-refractivity contribution in [3.8, 4) is 11.5 Å². The largest absolute Gasteiger partial charge is 0.423 e. The fourth-order valence-corrected chi connectivity index (χ4v) is 2.87. The van der Waals surface area contributed by atoms with Crippen LogP contribution >= 0.6 is 0 Å². The quantitative estimate of drug-likeness (QED) is 0.920. The molecule has 2 fully saturated rings. The van der Waals surface area contributed by atoms with Crippen LogP contribution in [0.15, 0.2) is 35.1 Å². The van der Waals surface area contributed by atoms with Crippen LogP contribution in [0, 0.1) is 5.92 Å². The van der Waals surface area contributed by atoms with E-state index in [2.05, 4.69) is 10.2 Å². The van der Waals surface area contributed by atoms with E-state index >= 15 is 0 Å². The summed E-state index contributed by atoms with van der Waals surface area (Å²) >= 11 is 0. The molecule has 1 aromatic carbocycles. The second-order valence-electron chi connectivity index (χ2n) is 5.86. The fourth-order valence-electron chi connectivity index (χ4n) is 2.87. The highest BCUT2D eigenvalue weighted by Gasteiger charge is 2.53. The lowest BCUT2D eigenvalue weighted by atomic mass is 9.88. The van der Waals surface area contributed by atoms with Crippen LogP contribution < -0.4 is 0 Å². The van der Waals surface area contributed by atoms with Crippen molar-refractivity contribution in [3.63, 3.8) is 0 Å². The average Bonchev–Trinajstić information content (AvgIpc) is 3.19. The van der Waals surface area contributed by atoms with Crippen molar-refractivity contribution in [2.24, 2.45) is 5.92 Å². The van der Waals surface area contributed by atoms with Crippen LogP contribution in [-0.2, 0) is 0 Å². The maximum absolute atomic E-state index is 12.3. The number of hydrogen-bond acceptors (Lipinski definition) is 5. The molecule has 6 heteroatoms. The van der Waals surface area contributed by atoms with Crippen molar-refractivity contribution < 1.29 is 14.3 Å². The number of likely N-dealkylation sites (tertiary alicyclic amines) is 1. The van der Waals surface area contributed by atoms with Crippen LogP contribution in [0.1, 0.15) is 23.2 Å². The van der Waals surface area contributed by atoms with Gasteiger partial charge in [0.25, 0.3) is 5.91 Å². The van der Waals surface area contributed by atoms with Gasteiger partial charge in [0.2, 0.25) is 12.3 Å². The Labute approximate surface area is 121 Å². The molecule has 4 rings (SSSR count). The van der Waals surface area contributed by atoms with Gasteiger partial charge in [-0.2, -0.15) is 0 Å². The molecule has 1 saturated heterocycles. The van der Waals surface area contributed by atoms with Crippen molar-refractivity contribution in [1.82, 2.24) is 15.1 Å². The Balaban J connectivity index is 1.46. The van der Waals surface area contributed by atoms with E-state index in [1.54, 1.807) is 29.2 Å². The maximum atomic E-state index is 12.3. The Morgan fingerprint density at radius 2 is 2.00 bits per heavy atom. The van der Waals surface area contributed by atoms with Crippen molar-refractivity contribution in [2.45, 2.75) is 18.4 Å². The fraction of sp³-hybridized carbons (Fsp3) is 0.400. The van der Waals surface area contributed by atoms with Crippen molar-refractivity contribution >= 4 is 5.91 Å². The second-order valence-corrected chi connectivity index (χ2v) is 5.86. The Hall–Kier alpha value is -2.21. The summed E-state index contributed by atoms with van der Waals surface area (Å²) in [4.78, 5) is 14.0.